The van der Waals surface area contributed by atoms with Crippen molar-refractivity contribution in [1.29, 1.82) is 0 Å². The van der Waals surface area contributed by atoms with Crippen molar-refractivity contribution in [3.8, 4) is 11.5 Å². The van der Waals surface area contributed by atoms with E-state index in [0.717, 1.165) is 6.07 Å². The van der Waals surface area contributed by atoms with E-state index < -0.39 is 17.7 Å². The molecule has 35 heavy (non-hydrogen) atoms. The molecule has 3 N–H and O–H groups in total. The van der Waals surface area contributed by atoms with Crippen LogP contribution in [-0.4, -0.2) is 41.0 Å². The molecule has 0 aliphatic rings. The van der Waals surface area contributed by atoms with Gasteiger partial charge >= 0.3 is 5.97 Å². The zero-order chi connectivity index (χ0) is 25.4. The van der Waals surface area contributed by atoms with Crippen LogP contribution in [0.4, 0.5) is 11.4 Å². The van der Waals surface area contributed by atoms with E-state index in [0.29, 0.717) is 16.8 Å². The van der Waals surface area contributed by atoms with Gasteiger partial charge in [0.1, 0.15) is 23.8 Å². The number of esters is 1. The highest BCUT2D eigenvalue weighted by Crippen LogP contribution is 2.35. The van der Waals surface area contributed by atoms with Gasteiger partial charge in [0.15, 0.2) is 5.78 Å². The van der Waals surface area contributed by atoms with Crippen LogP contribution in [0.2, 0.25) is 0 Å². The maximum absolute atomic E-state index is 12.7. The molecule has 0 aromatic heterocycles. The van der Waals surface area contributed by atoms with E-state index in [4.69, 9.17) is 4.74 Å². The molecule has 3 aromatic rings. The summed E-state index contributed by atoms with van der Waals surface area (Å²) in [5, 5.41) is 30.9. The first-order valence-corrected chi connectivity index (χ1v) is 10.5. The SMILES string of the molecule is C=C(C)C(=O)OCCNC(=O)c1cccc(/N=N/c2cc(C(=O)c3ccccc3)c(O)cc2O)c1. The molecule has 9 nitrogen and oxygen atoms in total. The van der Waals surface area contributed by atoms with Gasteiger partial charge in [0.25, 0.3) is 5.91 Å². The zero-order valence-corrected chi connectivity index (χ0v) is 18.9. The lowest BCUT2D eigenvalue weighted by molar-refractivity contribution is -0.138. The van der Waals surface area contributed by atoms with Crippen LogP contribution < -0.4 is 5.32 Å². The zero-order valence-electron chi connectivity index (χ0n) is 18.9. The van der Waals surface area contributed by atoms with Gasteiger partial charge in [0, 0.05) is 22.8 Å². The van der Waals surface area contributed by atoms with E-state index in [-0.39, 0.29) is 41.5 Å². The van der Waals surface area contributed by atoms with Crippen LogP contribution in [0.3, 0.4) is 0 Å². The Balaban J connectivity index is 1.72. The number of rotatable bonds is 9. The third kappa shape index (κ3) is 6.61. The van der Waals surface area contributed by atoms with E-state index in [2.05, 4.69) is 22.1 Å². The van der Waals surface area contributed by atoms with Gasteiger partial charge < -0.3 is 20.3 Å². The van der Waals surface area contributed by atoms with Crippen molar-refractivity contribution in [2.45, 2.75) is 6.92 Å². The van der Waals surface area contributed by atoms with Crippen molar-refractivity contribution < 1.29 is 29.3 Å². The largest absolute Gasteiger partial charge is 0.507 e. The number of carbonyl (C=O) groups excluding carboxylic acids is 3. The fraction of sp³-hybridized carbons (Fsp3) is 0.115. The molecule has 0 saturated heterocycles. The van der Waals surface area contributed by atoms with Crippen LogP contribution in [0.5, 0.6) is 11.5 Å². The third-order valence-corrected chi connectivity index (χ3v) is 4.72. The molecule has 3 aromatic carbocycles. The number of hydrogen-bond donors (Lipinski definition) is 3. The smallest absolute Gasteiger partial charge is 0.333 e. The Bertz CT molecular complexity index is 1300. The van der Waals surface area contributed by atoms with Crippen molar-refractivity contribution in [3.63, 3.8) is 0 Å². The first-order chi connectivity index (χ1) is 16.8. The quantitative estimate of drug-likeness (QED) is 0.137. The first-order valence-electron chi connectivity index (χ1n) is 10.5. The van der Waals surface area contributed by atoms with Crippen molar-refractivity contribution >= 4 is 29.0 Å². The molecular formula is C26H23N3O6. The number of phenolic OH excluding ortho intramolecular Hbond substituents is 2. The average molecular weight is 473 g/mol. The molecule has 0 spiro atoms. The molecular weight excluding hydrogens is 450 g/mol. The van der Waals surface area contributed by atoms with Crippen molar-refractivity contribution in [3.05, 3.63) is 95.6 Å². The number of ether oxygens (including phenoxy) is 1. The van der Waals surface area contributed by atoms with Gasteiger partial charge in [-0.3, -0.25) is 9.59 Å². The van der Waals surface area contributed by atoms with E-state index in [9.17, 15) is 24.6 Å². The summed E-state index contributed by atoms with van der Waals surface area (Å²) >= 11 is 0. The minimum Gasteiger partial charge on any atom is -0.507 e. The molecule has 0 atom stereocenters. The Morgan fingerprint density at radius 2 is 1.63 bits per heavy atom. The second kappa shape index (κ2) is 11.4. The average Bonchev–Trinajstić information content (AvgIpc) is 2.86. The molecule has 0 saturated carbocycles. The Kier molecular flexibility index (Phi) is 8.07. The molecule has 0 fully saturated rings. The number of aromatic hydroxyl groups is 2. The van der Waals surface area contributed by atoms with Gasteiger partial charge in [-0.15, -0.1) is 5.11 Å². The van der Waals surface area contributed by atoms with Crippen LogP contribution >= 0.6 is 0 Å². The summed E-state index contributed by atoms with van der Waals surface area (Å²) < 4.78 is 4.92. The van der Waals surface area contributed by atoms with Crippen LogP contribution in [0.15, 0.2) is 89.1 Å². The summed E-state index contributed by atoms with van der Waals surface area (Å²) in [4.78, 5) is 36.4. The van der Waals surface area contributed by atoms with Crippen LogP contribution in [0.1, 0.15) is 33.2 Å². The van der Waals surface area contributed by atoms with Crippen molar-refractivity contribution in [2.24, 2.45) is 10.2 Å². The second-order valence-corrected chi connectivity index (χ2v) is 7.48. The van der Waals surface area contributed by atoms with Gasteiger partial charge in [0.05, 0.1) is 17.8 Å². The number of nitrogens with one attached hydrogen (secondary N) is 1. The molecule has 3 rings (SSSR count). The number of benzene rings is 3. The Morgan fingerprint density at radius 3 is 2.34 bits per heavy atom. The van der Waals surface area contributed by atoms with Gasteiger partial charge in [-0.25, -0.2) is 4.79 Å². The highest BCUT2D eigenvalue weighted by Gasteiger charge is 2.17. The molecule has 0 radical (unpaired) electrons. The summed E-state index contributed by atoms with van der Waals surface area (Å²) in [6, 6.07) is 16.9. The van der Waals surface area contributed by atoms with Gasteiger partial charge in [-0.1, -0.05) is 43.0 Å². The number of azo groups is 1. The molecule has 0 aliphatic carbocycles. The van der Waals surface area contributed by atoms with Gasteiger partial charge in [-0.05, 0) is 31.2 Å². The standard InChI is InChI=1S/C26H23N3O6/c1-16(2)26(34)35-12-11-27-25(33)18-9-6-10-19(13-18)28-29-21-14-20(22(30)15-23(21)31)24(32)17-7-4-3-5-8-17/h3-10,13-15,30-31H,1,11-12H2,2H3,(H,27,33)/b29-28+. The summed E-state index contributed by atoms with van der Waals surface area (Å²) in [6.07, 6.45) is 0. The number of hydrogen-bond acceptors (Lipinski definition) is 8. The maximum Gasteiger partial charge on any atom is 0.333 e. The number of carbonyl (C=O) groups is 3. The lowest BCUT2D eigenvalue weighted by Crippen LogP contribution is -2.28. The topological polar surface area (TPSA) is 138 Å². The molecule has 178 valence electrons. The number of nitrogens with zero attached hydrogens (tertiary/aromatic N) is 2. The van der Waals surface area contributed by atoms with Crippen LogP contribution in [0, 0.1) is 0 Å². The number of phenols is 2. The Morgan fingerprint density at radius 1 is 0.914 bits per heavy atom. The van der Waals surface area contributed by atoms with Crippen LogP contribution in [0.25, 0.3) is 0 Å². The molecule has 9 heteroatoms. The van der Waals surface area contributed by atoms with Gasteiger partial charge in [0.2, 0.25) is 0 Å². The molecule has 0 unspecified atom stereocenters. The summed E-state index contributed by atoms with van der Waals surface area (Å²) in [7, 11) is 0. The fourth-order valence-corrected chi connectivity index (χ4v) is 2.93. The molecule has 0 aliphatic heterocycles. The highest BCUT2D eigenvalue weighted by molar-refractivity contribution is 6.11. The first kappa shape index (κ1) is 24.8. The Hall–Kier alpha value is -4.79. The Labute approximate surface area is 201 Å². The predicted molar refractivity (Wildman–Crippen MR) is 128 cm³/mol. The normalized spacial score (nSPS) is 10.7. The second-order valence-electron chi connectivity index (χ2n) is 7.48. The van der Waals surface area contributed by atoms with E-state index in [1.165, 1.54) is 19.1 Å². The van der Waals surface area contributed by atoms with Gasteiger partial charge in [-0.2, -0.15) is 5.11 Å². The number of ketones is 1. The third-order valence-electron chi connectivity index (χ3n) is 4.72. The lowest BCUT2D eigenvalue weighted by Gasteiger charge is -2.07. The molecule has 0 heterocycles. The fourth-order valence-electron chi connectivity index (χ4n) is 2.93. The monoisotopic (exact) mass is 473 g/mol. The lowest BCUT2D eigenvalue weighted by atomic mass is 10.0. The maximum atomic E-state index is 12.7. The van der Waals surface area contributed by atoms with E-state index >= 15 is 0 Å². The van der Waals surface area contributed by atoms with E-state index in [1.54, 1.807) is 48.5 Å². The molecule has 0 bridgehead atoms. The highest BCUT2D eigenvalue weighted by atomic mass is 16.5. The minimum atomic E-state index is -0.534. The molecule has 1 amide bonds. The number of amides is 1. The minimum absolute atomic E-state index is 0.000989. The van der Waals surface area contributed by atoms with Crippen LogP contribution in [-0.2, 0) is 9.53 Å². The summed E-state index contributed by atoms with van der Waals surface area (Å²) in [5.41, 5.74) is 1.17. The van der Waals surface area contributed by atoms with Crippen molar-refractivity contribution in [1.82, 2.24) is 5.32 Å². The predicted octanol–water partition coefficient (Wildman–Crippen LogP) is 4.59. The summed E-state index contributed by atoms with van der Waals surface area (Å²) in [6.45, 7) is 5.12. The van der Waals surface area contributed by atoms with E-state index in [1.807, 2.05) is 0 Å². The van der Waals surface area contributed by atoms with Crippen molar-refractivity contribution in [2.75, 3.05) is 13.2 Å². The summed E-state index contributed by atoms with van der Waals surface area (Å²) in [5.74, 6) is -2.13.